The third-order valence-corrected chi connectivity index (χ3v) is 3.36. The molecule has 0 amide bonds. The number of hydrogen-bond donors (Lipinski definition) is 1. The second-order valence-corrected chi connectivity index (χ2v) is 4.97. The zero-order valence-electron chi connectivity index (χ0n) is 10.7. The summed E-state index contributed by atoms with van der Waals surface area (Å²) in [6.07, 6.45) is 2.71. The van der Waals surface area contributed by atoms with Crippen LogP contribution in [0.5, 0.6) is 0 Å². The molecule has 2 nitrogen and oxygen atoms in total. The maximum atomic E-state index is 13.1. The number of hydrogen-bond acceptors (Lipinski definition) is 2. The van der Waals surface area contributed by atoms with Crippen LogP contribution in [0.1, 0.15) is 24.0 Å². The van der Waals surface area contributed by atoms with Gasteiger partial charge in [0, 0.05) is 25.7 Å². The molecule has 0 spiro atoms. The van der Waals surface area contributed by atoms with Crippen molar-refractivity contribution in [2.45, 2.75) is 32.4 Å². The standard InChI is InChI=1S/C14H21FN2/c1-11-9-12(3-6-14(11)15)10-16-7-8-17(2)13-4-5-13/h3,6,9,13,16H,4-5,7-8,10H2,1-2H3. The predicted molar refractivity (Wildman–Crippen MR) is 68.5 cm³/mol. The van der Waals surface area contributed by atoms with E-state index in [1.807, 2.05) is 12.1 Å². The number of nitrogens with zero attached hydrogens (tertiary/aromatic N) is 1. The normalized spacial score (nSPS) is 15.5. The number of halogens is 1. The van der Waals surface area contributed by atoms with Gasteiger partial charge in [0.1, 0.15) is 5.82 Å². The Kier molecular flexibility index (Phi) is 4.13. The Morgan fingerprint density at radius 2 is 2.18 bits per heavy atom. The first-order valence-corrected chi connectivity index (χ1v) is 6.33. The molecule has 1 N–H and O–H groups in total. The van der Waals surface area contributed by atoms with E-state index in [4.69, 9.17) is 0 Å². The van der Waals surface area contributed by atoms with E-state index < -0.39 is 0 Å². The molecule has 1 fully saturated rings. The molecule has 0 aliphatic heterocycles. The van der Waals surface area contributed by atoms with Gasteiger partial charge < -0.3 is 10.2 Å². The Labute approximate surface area is 103 Å². The molecule has 0 heterocycles. The number of benzene rings is 1. The third kappa shape index (κ3) is 3.79. The minimum absolute atomic E-state index is 0.123. The molecule has 0 saturated heterocycles. The molecule has 0 unspecified atom stereocenters. The lowest BCUT2D eigenvalue weighted by Crippen LogP contribution is -2.30. The molecule has 0 radical (unpaired) electrons. The number of rotatable bonds is 6. The molecule has 0 bridgehead atoms. The van der Waals surface area contributed by atoms with E-state index in [9.17, 15) is 4.39 Å². The van der Waals surface area contributed by atoms with E-state index >= 15 is 0 Å². The van der Waals surface area contributed by atoms with Crippen LogP contribution in [-0.2, 0) is 6.54 Å². The van der Waals surface area contributed by atoms with Gasteiger partial charge in [-0.3, -0.25) is 0 Å². The third-order valence-electron chi connectivity index (χ3n) is 3.36. The molecule has 2 rings (SSSR count). The summed E-state index contributed by atoms with van der Waals surface area (Å²) in [4.78, 5) is 2.41. The first kappa shape index (κ1) is 12.5. The van der Waals surface area contributed by atoms with E-state index in [1.165, 1.54) is 12.8 Å². The van der Waals surface area contributed by atoms with Gasteiger partial charge in [-0.2, -0.15) is 0 Å². The molecule has 1 saturated carbocycles. The molecule has 0 atom stereocenters. The second-order valence-electron chi connectivity index (χ2n) is 4.97. The summed E-state index contributed by atoms with van der Waals surface area (Å²) in [7, 11) is 2.18. The second kappa shape index (κ2) is 5.61. The van der Waals surface area contributed by atoms with Gasteiger partial charge in [0.15, 0.2) is 0 Å². The summed E-state index contributed by atoms with van der Waals surface area (Å²) in [5.74, 6) is -0.123. The van der Waals surface area contributed by atoms with Crippen molar-refractivity contribution in [3.63, 3.8) is 0 Å². The van der Waals surface area contributed by atoms with Crippen molar-refractivity contribution in [2.75, 3.05) is 20.1 Å². The van der Waals surface area contributed by atoms with Gasteiger partial charge in [-0.1, -0.05) is 12.1 Å². The van der Waals surface area contributed by atoms with Crippen LogP contribution in [0.4, 0.5) is 4.39 Å². The maximum absolute atomic E-state index is 13.1. The fourth-order valence-corrected chi connectivity index (χ4v) is 2.00. The van der Waals surface area contributed by atoms with E-state index in [0.29, 0.717) is 0 Å². The van der Waals surface area contributed by atoms with E-state index in [-0.39, 0.29) is 5.82 Å². The van der Waals surface area contributed by atoms with Crippen LogP contribution in [-0.4, -0.2) is 31.1 Å². The minimum atomic E-state index is -0.123. The molecule has 17 heavy (non-hydrogen) atoms. The van der Waals surface area contributed by atoms with Crippen LogP contribution in [0.3, 0.4) is 0 Å². The van der Waals surface area contributed by atoms with Gasteiger partial charge in [-0.15, -0.1) is 0 Å². The van der Waals surface area contributed by atoms with E-state index in [1.54, 1.807) is 13.0 Å². The van der Waals surface area contributed by atoms with Gasteiger partial charge in [-0.05, 0) is 44.0 Å². The quantitative estimate of drug-likeness (QED) is 0.763. The smallest absolute Gasteiger partial charge is 0.126 e. The number of nitrogens with one attached hydrogen (secondary N) is 1. The van der Waals surface area contributed by atoms with Crippen molar-refractivity contribution in [2.24, 2.45) is 0 Å². The van der Waals surface area contributed by atoms with Gasteiger partial charge in [-0.25, -0.2) is 4.39 Å². The summed E-state index contributed by atoms with van der Waals surface area (Å²) in [5.41, 5.74) is 1.87. The van der Waals surface area contributed by atoms with Crippen molar-refractivity contribution in [3.05, 3.63) is 35.1 Å². The van der Waals surface area contributed by atoms with Crippen molar-refractivity contribution >= 4 is 0 Å². The van der Waals surface area contributed by atoms with Gasteiger partial charge in [0.05, 0.1) is 0 Å². The molecule has 3 heteroatoms. The highest BCUT2D eigenvalue weighted by molar-refractivity contribution is 5.23. The van der Waals surface area contributed by atoms with Crippen molar-refractivity contribution in [1.29, 1.82) is 0 Å². The molecule has 1 aromatic rings. The lowest BCUT2D eigenvalue weighted by molar-refractivity contribution is 0.321. The van der Waals surface area contributed by atoms with Crippen molar-refractivity contribution in [3.8, 4) is 0 Å². The molecule has 1 aliphatic carbocycles. The average Bonchev–Trinajstić information content (AvgIpc) is 3.13. The highest BCUT2D eigenvalue weighted by atomic mass is 19.1. The minimum Gasteiger partial charge on any atom is -0.311 e. The lowest BCUT2D eigenvalue weighted by Gasteiger charge is -2.15. The Morgan fingerprint density at radius 3 is 2.82 bits per heavy atom. The van der Waals surface area contributed by atoms with Crippen LogP contribution in [0.15, 0.2) is 18.2 Å². The Bertz CT molecular complexity index is 374. The lowest BCUT2D eigenvalue weighted by atomic mass is 10.1. The first-order chi connectivity index (χ1) is 8.16. The highest BCUT2D eigenvalue weighted by Gasteiger charge is 2.25. The fourth-order valence-electron chi connectivity index (χ4n) is 2.00. The van der Waals surface area contributed by atoms with Crippen LogP contribution in [0.25, 0.3) is 0 Å². The SMILES string of the molecule is Cc1cc(CNCCN(C)C2CC2)ccc1F. The Hall–Kier alpha value is -0.930. The maximum Gasteiger partial charge on any atom is 0.126 e. The summed E-state index contributed by atoms with van der Waals surface area (Å²) in [6, 6.07) is 6.13. The van der Waals surface area contributed by atoms with Gasteiger partial charge in [0.2, 0.25) is 0 Å². The Morgan fingerprint density at radius 1 is 1.41 bits per heavy atom. The molecule has 1 aliphatic rings. The molecular formula is C14H21FN2. The average molecular weight is 236 g/mol. The summed E-state index contributed by atoms with van der Waals surface area (Å²) < 4.78 is 13.1. The van der Waals surface area contributed by atoms with Crippen molar-refractivity contribution in [1.82, 2.24) is 10.2 Å². The number of likely N-dealkylation sites (N-methyl/N-ethyl adjacent to an activating group) is 1. The highest BCUT2D eigenvalue weighted by Crippen LogP contribution is 2.24. The summed E-state index contributed by atoms with van der Waals surface area (Å²) >= 11 is 0. The molecule has 1 aromatic carbocycles. The van der Waals surface area contributed by atoms with E-state index in [0.717, 1.165) is 36.8 Å². The molecule has 0 aromatic heterocycles. The Balaban J connectivity index is 1.68. The van der Waals surface area contributed by atoms with Crippen molar-refractivity contribution < 1.29 is 4.39 Å². The van der Waals surface area contributed by atoms with Gasteiger partial charge in [0.25, 0.3) is 0 Å². The van der Waals surface area contributed by atoms with E-state index in [2.05, 4.69) is 17.3 Å². The van der Waals surface area contributed by atoms with Gasteiger partial charge >= 0.3 is 0 Å². The first-order valence-electron chi connectivity index (χ1n) is 6.33. The van der Waals surface area contributed by atoms with Crippen LogP contribution in [0, 0.1) is 12.7 Å². The summed E-state index contributed by atoms with van der Waals surface area (Å²) in [6.45, 7) is 4.70. The fraction of sp³-hybridized carbons (Fsp3) is 0.571. The largest absolute Gasteiger partial charge is 0.311 e. The monoisotopic (exact) mass is 236 g/mol. The predicted octanol–water partition coefficient (Wildman–Crippen LogP) is 2.32. The summed E-state index contributed by atoms with van der Waals surface area (Å²) in [5, 5.41) is 3.40. The molecule has 94 valence electrons. The molecular weight excluding hydrogens is 215 g/mol. The zero-order valence-corrected chi connectivity index (χ0v) is 10.7. The van der Waals surface area contributed by atoms with Crippen LogP contribution >= 0.6 is 0 Å². The topological polar surface area (TPSA) is 15.3 Å². The van der Waals surface area contributed by atoms with Crippen LogP contribution in [0.2, 0.25) is 0 Å². The number of aryl methyl sites for hydroxylation is 1. The van der Waals surface area contributed by atoms with Crippen LogP contribution < -0.4 is 5.32 Å². The zero-order chi connectivity index (χ0) is 12.3.